The Morgan fingerprint density at radius 2 is 2.05 bits per heavy atom. The molecule has 0 aliphatic heterocycles. The van der Waals surface area contributed by atoms with E-state index in [-0.39, 0.29) is 24.2 Å². The van der Waals surface area contributed by atoms with Crippen LogP contribution < -0.4 is 5.32 Å². The quantitative estimate of drug-likeness (QED) is 0.862. The maximum absolute atomic E-state index is 12.8. The van der Waals surface area contributed by atoms with Gasteiger partial charge in [0, 0.05) is 17.3 Å². The second-order valence-electron chi connectivity index (χ2n) is 5.00. The molecule has 0 spiro atoms. The van der Waals surface area contributed by atoms with E-state index >= 15 is 0 Å². The lowest BCUT2D eigenvalue weighted by Crippen LogP contribution is -2.33. The van der Waals surface area contributed by atoms with Gasteiger partial charge in [-0.2, -0.15) is 0 Å². The van der Waals surface area contributed by atoms with Crippen LogP contribution in [0.25, 0.3) is 0 Å². The van der Waals surface area contributed by atoms with Gasteiger partial charge in [0.1, 0.15) is 5.82 Å². The van der Waals surface area contributed by atoms with Crippen molar-refractivity contribution in [1.82, 2.24) is 5.32 Å². The van der Waals surface area contributed by atoms with E-state index in [1.165, 1.54) is 24.3 Å². The molecule has 5 heteroatoms. The molecule has 0 saturated heterocycles. The molecule has 0 radical (unpaired) electrons. The van der Waals surface area contributed by atoms with Crippen LogP contribution in [-0.4, -0.2) is 17.6 Å². The monoisotopic (exact) mass is 307 g/mol. The summed E-state index contributed by atoms with van der Waals surface area (Å²) >= 11 is 1.63. The van der Waals surface area contributed by atoms with Gasteiger partial charge in [0.2, 0.25) is 5.91 Å². The van der Waals surface area contributed by atoms with E-state index in [9.17, 15) is 14.3 Å². The molecule has 2 atom stereocenters. The van der Waals surface area contributed by atoms with Crippen LogP contribution in [0, 0.1) is 11.7 Å². The molecular formula is C16H18FNO2S. The van der Waals surface area contributed by atoms with Gasteiger partial charge in [0.05, 0.1) is 6.10 Å². The molecular weight excluding hydrogens is 289 g/mol. The lowest BCUT2D eigenvalue weighted by Gasteiger charge is -2.15. The minimum Gasteiger partial charge on any atom is -0.387 e. The van der Waals surface area contributed by atoms with Gasteiger partial charge in [-0.05, 0) is 35.6 Å². The minimum absolute atomic E-state index is 0.0930. The molecule has 3 nitrogen and oxygen atoms in total. The lowest BCUT2D eigenvalue weighted by molar-refractivity contribution is -0.124. The first-order valence-corrected chi connectivity index (χ1v) is 7.68. The SMILES string of the molecule is CC(Cc1cccs1)C(=O)NCC(O)c1ccc(F)cc1. The van der Waals surface area contributed by atoms with Crippen LogP contribution >= 0.6 is 11.3 Å². The molecule has 1 aromatic heterocycles. The Balaban J connectivity index is 1.81. The largest absolute Gasteiger partial charge is 0.387 e. The van der Waals surface area contributed by atoms with Gasteiger partial charge in [-0.1, -0.05) is 25.1 Å². The average Bonchev–Trinajstić information content (AvgIpc) is 2.98. The number of carbonyl (C=O) groups is 1. The number of halogens is 1. The number of hydrogen-bond acceptors (Lipinski definition) is 3. The van der Waals surface area contributed by atoms with E-state index in [0.29, 0.717) is 12.0 Å². The van der Waals surface area contributed by atoms with Crippen molar-refractivity contribution in [3.05, 3.63) is 58.0 Å². The van der Waals surface area contributed by atoms with E-state index in [1.807, 2.05) is 24.4 Å². The fraction of sp³-hybridized carbons (Fsp3) is 0.312. The van der Waals surface area contributed by atoms with Crippen molar-refractivity contribution in [2.45, 2.75) is 19.4 Å². The maximum Gasteiger partial charge on any atom is 0.223 e. The molecule has 1 aromatic carbocycles. The molecule has 0 saturated carbocycles. The van der Waals surface area contributed by atoms with Crippen LogP contribution in [-0.2, 0) is 11.2 Å². The zero-order valence-electron chi connectivity index (χ0n) is 11.8. The highest BCUT2D eigenvalue weighted by Crippen LogP contribution is 2.15. The van der Waals surface area contributed by atoms with Crippen molar-refractivity contribution < 1.29 is 14.3 Å². The zero-order chi connectivity index (χ0) is 15.2. The second kappa shape index (κ2) is 7.33. The molecule has 1 amide bonds. The highest BCUT2D eigenvalue weighted by Gasteiger charge is 2.16. The van der Waals surface area contributed by atoms with Gasteiger partial charge in [-0.15, -0.1) is 11.3 Å². The molecule has 2 unspecified atom stereocenters. The number of aliphatic hydroxyl groups is 1. The third kappa shape index (κ3) is 4.65. The van der Waals surface area contributed by atoms with Crippen molar-refractivity contribution in [1.29, 1.82) is 0 Å². The van der Waals surface area contributed by atoms with Gasteiger partial charge in [0.15, 0.2) is 0 Å². The Morgan fingerprint density at radius 1 is 1.33 bits per heavy atom. The Morgan fingerprint density at radius 3 is 2.67 bits per heavy atom. The number of thiophene rings is 1. The summed E-state index contributed by atoms with van der Waals surface area (Å²) in [6.45, 7) is 1.98. The standard InChI is InChI=1S/C16H18FNO2S/c1-11(9-14-3-2-8-21-14)16(20)18-10-15(19)12-4-6-13(17)7-5-12/h2-8,11,15,19H,9-10H2,1H3,(H,18,20). The van der Waals surface area contributed by atoms with Crippen LogP contribution in [0.5, 0.6) is 0 Å². The number of carbonyl (C=O) groups excluding carboxylic acids is 1. The van der Waals surface area contributed by atoms with Crippen molar-refractivity contribution in [3.63, 3.8) is 0 Å². The predicted molar refractivity (Wildman–Crippen MR) is 81.6 cm³/mol. The first-order chi connectivity index (χ1) is 10.1. The highest BCUT2D eigenvalue weighted by molar-refractivity contribution is 7.09. The summed E-state index contributed by atoms with van der Waals surface area (Å²) in [7, 11) is 0. The van der Waals surface area contributed by atoms with Crippen LogP contribution in [0.4, 0.5) is 4.39 Å². The number of aliphatic hydroxyl groups excluding tert-OH is 1. The molecule has 2 aromatic rings. The Labute approximate surface area is 127 Å². The average molecular weight is 307 g/mol. The van der Waals surface area contributed by atoms with E-state index in [0.717, 1.165) is 4.88 Å². The van der Waals surface area contributed by atoms with Gasteiger partial charge in [-0.3, -0.25) is 4.79 Å². The first kappa shape index (κ1) is 15.7. The van der Waals surface area contributed by atoms with Gasteiger partial charge >= 0.3 is 0 Å². The van der Waals surface area contributed by atoms with Gasteiger partial charge < -0.3 is 10.4 Å². The summed E-state index contributed by atoms with van der Waals surface area (Å²) in [5, 5.41) is 14.7. The Kier molecular flexibility index (Phi) is 5.47. The van der Waals surface area contributed by atoms with Gasteiger partial charge in [0.25, 0.3) is 0 Å². The van der Waals surface area contributed by atoms with Crippen molar-refractivity contribution >= 4 is 17.2 Å². The first-order valence-electron chi connectivity index (χ1n) is 6.80. The van der Waals surface area contributed by atoms with E-state index < -0.39 is 6.10 Å². The molecule has 2 N–H and O–H groups in total. The lowest BCUT2D eigenvalue weighted by atomic mass is 10.1. The highest BCUT2D eigenvalue weighted by atomic mass is 32.1. The van der Waals surface area contributed by atoms with E-state index in [4.69, 9.17) is 0 Å². The summed E-state index contributed by atoms with van der Waals surface area (Å²) in [5.74, 6) is -0.590. The molecule has 0 aliphatic rings. The number of amides is 1. The molecule has 112 valence electrons. The van der Waals surface area contributed by atoms with Crippen LogP contribution in [0.2, 0.25) is 0 Å². The molecule has 1 heterocycles. The fourth-order valence-electron chi connectivity index (χ4n) is 2.00. The molecule has 2 rings (SSSR count). The summed E-state index contributed by atoms with van der Waals surface area (Å²) in [5.41, 5.74) is 0.586. The van der Waals surface area contributed by atoms with Gasteiger partial charge in [-0.25, -0.2) is 4.39 Å². The summed E-state index contributed by atoms with van der Waals surface area (Å²) in [6, 6.07) is 9.58. The third-order valence-corrected chi connectivity index (χ3v) is 4.16. The predicted octanol–water partition coefficient (Wildman–Crippen LogP) is 2.92. The zero-order valence-corrected chi connectivity index (χ0v) is 12.6. The van der Waals surface area contributed by atoms with Crippen molar-refractivity contribution in [2.75, 3.05) is 6.54 Å². The maximum atomic E-state index is 12.8. The smallest absolute Gasteiger partial charge is 0.223 e. The van der Waals surface area contributed by atoms with Crippen LogP contribution in [0.3, 0.4) is 0 Å². The van der Waals surface area contributed by atoms with Crippen LogP contribution in [0.1, 0.15) is 23.5 Å². The second-order valence-corrected chi connectivity index (χ2v) is 6.03. The van der Waals surface area contributed by atoms with Crippen LogP contribution in [0.15, 0.2) is 41.8 Å². The Bertz CT molecular complexity index is 568. The number of nitrogens with one attached hydrogen (secondary N) is 1. The summed E-state index contributed by atoms with van der Waals surface area (Å²) in [4.78, 5) is 13.1. The van der Waals surface area contributed by atoms with E-state index in [1.54, 1.807) is 11.3 Å². The third-order valence-electron chi connectivity index (χ3n) is 3.26. The summed E-state index contributed by atoms with van der Waals surface area (Å²) < 4.78 is 12.8. The number of rotatable bonds is 6. The number of benzene rings is 1. The van der Waals surface area contributed by atoms with Crippen molar-refractivity contribution in [2.24, 2.45) is 5.92 Å². The number of hydrogen-bond donors (Lipinski definition) is 2. The fourth-order valence-corrected chi connectivity index (χ4v) is 2.83. The summed E-state index contributed by atoms with van der Waals surface area (Å²) in [6.07, 6.45) is -0.139. The Hall–Kier alpha value is -1.72. The normalized spacial score (nSPS) is 13.7. The van der Waals surface area contributed by atoms with E-state index in [2.05, 4.69) is 5.32 Å². The topological polar surface area (TPSA) is 49.3 Å². The molecule has 0 fully saturated rings. The molecule has 21 heavy (non-hydrogen) atoms. The van der Waals surface area contributed by atoms with Crippen molar-refractivity contribution in [3.8, 4) is 0 Å². The minimum atomic E-state index is -0.830. The molecule has 0 bridgehead atoms. The molecule has 0 aliphatic carbocycles.